The van der Waals surface area contributed by atoms with Gasteiger partial charge in [0.2, 0.25) is 0 Å². The Hall–Kier alpha value is -1.26. The van der Waals surface area contributed by atoms with Crippen LogP contribution in [-0.2, 0) is 4.74 Å². The van der Waals surface area contributed by atoms with Gasteiger partial charge in [-0.1, -0.05) is 6.92 Å². The number of nitrogens with one attached hydrogen (secondary N) is 1. The van der Waals surface area contributed by atoms with Crippen LogP contribution in [0.4, 0.5) is 0 Å². The number of ether oxygens (including phenoxy) is 3. The van der Waals surface area contributed by atoms with Crippen LogP contribution in [0.25, 0.3) is 0 Å². The maximum absolute atomic E-state index is 6.17. The lowest BCUT2D eigenvalue weighted by Crippen LogP contribution is -2.39. The van der Waals surface area contributed by atoms with Gasteiger partial charge in [-0.2, -0.15) is 0 Å². The van der Waals surface area contributed by atoms with E-state index in [1.54, 1.807) is 7.11 Å². The van der Waals surface area contributed by atoms with E-state index in [1.165, 1.54) is 5.56 Å². The molecule has 1 saturated heterocycles. The minimum absolute atomic E-state index is 0.155. The second-order valence-electron chi connectivity index (χ2n) is 5.46. The van der Waals surface area contributed by atoms with Crippen LogP contribution in [0.3, 0.4) is 0 Å². The van der Waals surface area contributed by atoms with Crippen molar-refractivity contribution in [2.24, 2.45) is 0 Å². The lowest BCUT2D eigenvalue weighted by molar-refractivity contribution is -0.00440. The first-order chi connectivity index (χ1) is 9.81. The molecule has 0 spiro atoms. The van der Waals surface area contributed by atoms with Crippen molar-refractivity contribution in [3.8, 4) is 11.5 Å². The summed E-state index contributed by atoms with van der Waals surface area (Å²) in [6.07, 6.45) is 3.60. The molecule has 0 radical (unpaired) electrons. The molecule has 1 aromatic rings. The molecule has 2 aliphatic heterocycles. The first kappa shape index (κ1) is 13.7. The molecule has 3 atom stereocenters. The highest BCUT2D eigenvalue weighted by atomic mass is 16.5. The molecule has 3 rings (SSSR count). The Bertz CT molecular complexity index is 457. The average molecular weight is 277 g/mol. The van der Waals surface area contributed by atoms with Crippen molar-refractivity contribution >= 4 is 0 Å². The summed E-state index contributed by atoms with van der Waals surface area (Å²) in [6, 6.07) is 6.36. The van der Waals surface area contributed by atoms with E-state index in [9.17, 15) is 0 Å². The Balaban J connectivity index is 1.85. The average Bonchev–Trinajstić information content (AvgIpc) is 3.01. The van der Waals surface area contributed by atoms with Crippen LogP contribution in [-0.4, -0.2) is 32.5 Å². The molecule has 1 N–H and O–H groups in total. The summed E-state index contributed by atoms with van der Waals surface area (Å²) < 4.78 is 17.3. The van der Waals surface area contributed by atoms with Crippen LogP contribution in [0.15, 0.2) is 18.2 Å². The summed E-state index contributed by atoms with van der Waals surface area (Å²) in [5, 5.41) is 3.55. The molecule has 2 aliphatic rings. The molecule has 4 nitrogen and oxygen atoms in total. The van der Waals surface area contributed by atoms with Gasteiger partial charge in [0.1, 0.15) is 17.6 Å². The van der Waals surface area contributed by atoms with Crippen molar-refractivity contribution < 1.29 is 14.2 Å². The molecule has 110 valence electrons. The van der Waals surface area contributed by atoms with Gasteiger partial charge in [0, 0.05) is 24.6 Å². The molecule has 0 amide bonds. The molecule has 0 bridgehead atoms. The summed E-state index contributed by atoms with van der Waals surface area (Å²) in [4.78, 5) is 0. The molecule has 3 unspecified atom stereocenters. The quantitative estimate of drug-likeness (QED) is 0.918. The molecule has 1 aromatic carbocycles. The highest BCUT2D eigenvalue weighted by molar-refractivity contribution is 5.43. The molecular weight excluding hydrogens is 254 g/mol. The van der Waals surface area contributed by atoms with Gasteiger partial charge in [-0.25, -0.2) is 0 Å². The summed E-state index contributed by atoms with van der Waals surface area (Å²) in [5.74, 6) is 1.84. The van der Waals surface area contributed by atoms with Gasteiger partial charge in [0.15, 0.2) is 0 Å². The fourth-order valence-corrected chi connectivity index (χ4v) is 3.17. The molecule has 1 fully saturated rings. The lowest BCUT2D eigenvalue weighted by Gasteiger charge is -2.35. The second kappa shape index (κ2) is 6.02. The van der Waals surface area contributed by atoms with E-state index >= 15 is 0 Å². The van der Waals surface area contributed by atoms with Gasteiger partial charge in [0.25, 0.3) is 0 Å². The van der Waals surface area contributed by atoms with E-state index in [2.05, 4.69) is 18.3 Å². The Labute approximate surface area is 120 Å². The van der Waals surface area contributed by atoms with E-state index in [1.807, 2.05) is 12.1 Å². The van der Waals surface area contributed by atoms with Gasteiger partial charge >= 0.3 is 0 Å². The first-order valence-electron chi connectivity index (χ1n) is 7.51. The zero-order valence-corrected chi connectivity index (χ0v) is 12.2. The van der Waals surface area contributed by atoms with Crippen LogP contribution in [0.1, 0.15) is 37.8 Å². The zero-order valence-electron chi connectivity index (χ0n) is 12.2. The SMILES string of the molecule is CCNC1CC(C2CCCO2)Oc2ccc(OC)cc21. The van der Waals surface area contributed by atoms with Crippen LogP contribution in [0, 0.1) is 0 Å². The molecule has 0 aromatic heterocycles. The predicted octanol–water partition coefficient (Wildman–Crippen LogP) is 2.68. The van der Waals surface area contributed by atoms with Crippen LogP contribution < -0.4 is 14.8 Å². The smallest absolute Gasteiger partial charge is 0.127 e. The standard InChI is InChI=1S/C16H23NO3/c1-3-17-13-10-16(15-5-4-8-19-15)20-14-7-6-11(18-2)9-12(13)14/h6-7,9,13,15-17H,3-5,8,10H2,1-2H3. The van der Waals surface area contributed by atoms with E-state index < -0.39 is 0 Å². The summed E-state index contributed by atoms with van der Waals surface area (Å²) in [6.45, 7) is 3.95. The Morgan fingerprint density at radius 1 is 1.35 bits per heavy atom. The maximum atomic E-state index is 6.17. The number of hydrogen-bond acceptors (Lipinski definition) is 4. The monoisotopic (exact) mass is 277 g/mol. The Morgan fingerprint density at radius 3 is 2.95 bits per heavy atom. The largest absolute Gasteiger partial charge is 0.497 e. The van der Waals surface area contributed by atoms with E-state index in [4.69, 9.17) is 14.2 Å². The number of hydrogen-bond donors (Lipinski definition) is 1. The Morgan fingerprint density at radius 2 is 2.25 bits per heavy atom. The first-order valence-corrected chi connectivity index (χ1v) is 7.51. The number of rotatable bonds is 4. The van der Waals surface area contributed by atoms with Crippen LogP contribution in [0.5, 0.6) is 11.5 Å². The molecule has 2 heterocycles. The predicted molar refractivity (Wildman–Crippen MR) is 77.4 cm³/mol. The molecule has 0 aliphatic carbocycles. The van der Waals surface area contributed by atoms with Gasteiger partial charge in [-0.3, -0.25) is 0 Å². The molecule has 20 heavy (non-hydrogen) atoms. The topological polar surface area (TPSA) is 39.7 Å². The minimum atomic E-state index is 0.155. The lowest BCUT2D eigenvalue weighted by atomic mass is 9.93. The highest BCUT2D eigenvalue weighted by Crippen LogP contribution is 2.39. The third-order valence-electron chi connectivity index (χ3n) is 4.17. The number of benzene rings is 1. The van der Waals surface area contributed by atoms with Crippen molar-refractivity contribution in [3.05, 3.63) is 23.8 Å². The maximum Gasteiger partial charge on any atom is 0.127 e. The summed E-state index contributed by atoms with van der Waals surface area (Å²) in [5.41, 5.74) is 1.19. The summed E-state index contributed by atoms with van der Waals surface area (Å²) >= 11 is 0. The van der Waals surface area contributed by atoms with Crippen molar-refractivity contribution in [3.63, 3.8) is 0 Å². The minimum Gasteiger partial charge on any atom is -0.497 e. The van der Waals surface area contributed by atoms with Gasteiger partial charge in [-0.15, -0.1) is 0 Å². The molecular formula is C16H23NO3. The highest BCUT2D eigenvalue weighted by Gasteiger charge is 2.35. The van der Waals surface area contributed by atoms with Crippen molar-refractivity contribution in [2.45, 2.75) is 44.4 Å². The van der Waals surface area contributed by atoms with Crippen molar-refractivity contribution in [1.29, 1.82) is 0 Å². The third-order valence-corrected chi connectivity index (χ3v) is 4.17. The normalized spacial score (nSPS) is 28.8. The second-order valence-corrected chi connectivity index (χ2v) is 5.46. The van der Waals surface area contributed by atoms with Gasteiger partial charge in [-0.05, 0) is 37.6 Å². The van der Waals surface area contributed by atoms with E-state index in [0.29, 0.717) is 6.04 Å². The van der Waals surface area contributed by atoms with Crippen LogP contribution in [0.2, 0.25) is 0 Å². The third kappa shape index (κ3) is 2.63. The van der Waals surface area contributed by atoms with Crippen molar-refractivity contribution in [1.82, 2.24) is 5.32 Å². The van der Waals surface area contributed by atoms with E-state index in [0.717, 1.165) is 43.9 Å². The zero-order chi connectivity index (χ0) is 13.9. The Kier molecular flexibility index (Phi) is 4.13. The van der Waals surface area contributed by atoms with Gasteiger partial charge in [0.05, 0.1) is 13.2 Å². The number of fused-ring (bicyclic) bond motifs is 1. The fourth-order valence-electron chi connectivity index (χ4n) is 3.17. The molecule has 0 saturated carbocycles. The van der Waals surface area contributed by atoms with Crippen molar-refractivity contribution in [2.75, 3.05) is 20.3 Å². The fraction of sp³-hybridized carbons (Fsp3) is 0.625. The van der Waals surface area contributed by atoms with Crippen LogP contribution >= 0.6 is 0 Å². The number of methoxy groups -OCH3 is 1. The van der Waals surface area contributed by atoms with Gasteiger partial charge < -0.3 is 19.5 Å². The summed E-state index contributed by atoms with van der Waals surface area (Å²) in [7, 11) is 1.70. The molecule has 4 heteroatoms. The van der Waals surface area contributed by atoms with E-state index in [-0.39, 0.29) is 12.2 Å².